The van der Waals surface area contributed by atoms with Crippen LogP contribution in [0.2, 0.25) is 5.04 Å². The molecule has 6 aromatic rings. The van der Waals surface area contributed by atoms with Crippen LogP contribution in [0.15, 0.2) is 182 Å². The van der Waals surface area contributed by atoms with Crippen molar-refractivity contribution in [3.8, 4) is 0 Å². The lowest BCUT2D eigenvalue weighted by Crippen LogP contribution is -2.73. The normalized spacial score (nSPS) is 27.6. The van der Waals surface area contributed by atoms with Crippen LogP contribution < -0.4 is 10.4 Å². The molecule has 0 bridgehead atoms. The molecular weight excluding hydrogens is 877 g/mol. The smallest absolute Gasteiger partial charge is 0.261 e. The Hall–Kier alpha value is -4.90. The second-order valence-electron chi connectivity index (χ2n) is 18.6. The van der Waals surface area contributed by atoms with E-state index in [1.54, 1.807) is 0 Å². The summed E-state index contributed by atoms with van der Waals surface area (Å²) in [6.07, 6.45) is -11.4. The monoisotopic (exact) mass is 938 g/mol. The van der Waals surface area contributed by atoms with Crippen LogP contribution in [0, 0.1) is 0 Å². The second kappa shape index (κ2) is 22.2. The molecule has 356 valence electrons. The highest BCUT2D eigenvalue weighted by molar-refractivity contribution is 6.99. The molecule has 3 fully saturated rings. The minimum absolute atomic E-state index is 0.0764. The van der Waals surface area contributed by atoms with E-state index in [1.807, 2.05) is 158 Å². The third-order valence-electron chi connectivity index (χ3n) is 13.0. The summed E-state index contributed by atoms with van der Waals surface area (Å²) in [6, 6.07) is 59.7. The fourth-order valence-corrected chi connectivity index (χ4v) is 14.2. The number of hydrogen-bond acceptors (Lipinski definition) is 11. The van der Waals surface area contributed by atoms with Gasteiger partial charge in [-0.2, -0.15) is 0 Å². The van der Waals surface area contributed by atoms with E-state index in [0.717, 1.165) is 32.6 Å². The molecule has 0 radical (unpaired) electrons. The van der Waals surface area contributed by atoms with Crippen molar-refractivity contribution in [2.45, 2.75) is 113 Å². The summed E-state index contributed by atoms with van der Waals surface area (Å²) in [5.74, 6) is 0. The SMILES string of the molecule is CC(C)(C)[Si](O[C@@H]1[C@@H](O)[C@@H](O[C@@H]2O[C@@H](COCc3ccccc3)[C@H](OCc3ccccc3)[C@@H](OCc3ccccc3)[C@@H]2O)O[C@@H]2COC(c3ccccc3)O[C@@H]12)(c1ccccc1)c1ccccc1. The summed E-state index contributed by atoms with van der Waals surface area (Å²) in [6.45, 7) is 7.47. The fourth-order valence-electron chi connectivity index (χ4n) is 9.55. The van der Waals surface area contributed by atoms with E-state index in [-0.39, 0.29) is 26.4 Å². The number of fused-ring (bicyclic) bond motifs is 1. The van der Waals surface area contributed by atoms with Crippen molar-refractivity contribution in [3.05, 3.63) is 204 Å². The summed E-state index contributed by atoms with van der Waals surface area (Å²) in [7, 11) is -3.33. The van der Waals surface area contributed by atoms with Crippen molar-refractivity contribution in [3.63, 3.8) is 0 Å². The van der Waals surface area contributed by atoms with Gasteiger partial charge in [0.25, 0.3) is 8.32 Å². The molecule has 0 saturated carbocycles. The van der Waals surface area contributed by atoms with E-state index in [9.17, 15) is 10.2 Å². The fraction of sp³-hybridized carbons (Fsp3) is 0.357. The first-order valence-corrected chi connectivity index (χ1v) is 25.4. The topological polar surface area (TPSA) is 124 Å². The molecular formula is C56H62O11Si. The number of ether oxygens (including phenoxy) is 8. The largest absolute Gasteiger partial charge is 0.399 e. The van der Waals surface area contributed by atoms with Crippen molar-refractivity contribution in [2.24, 2.45) is 0 Å². The Morgan fingerprint density at radius 3 is 1.51 bits per heavy atom. The third kappa shape index (κ3) is 10.9. The zero-order chi connectivity index (χ0) is 46.9. The van der Waals surface area contributed by atoms with E-state index in [1.165, 1.54) is 0 Å². The first kappa shape index (κ1) is 48.1. The highest BCUT2D eigenvalue weighted by atomic mass is 28.4. The Bertz CT molecular complexity index is 2370. The van der Waals surface area contributed by atoms with Crippen molar-refractivity contribution in [1.29, 1.82) is 0 Å². The molecule has 12 heteroatoms. The van der Waals surface area contributed by atoms with Gasteiger partial charge in [0.2, 0.25) is 0 Å². The zero-order valence-corrected chi connectivity index (χ0v) is 39.8. The summed E-state index contributed by atoms with van der Waals surface area (Å²) in [4.78, 5) is 0. The maximum Gasteiger partial charge on any atom is 0.261 e. The van der Waals surface area contributed by atoms with Gasteiger partial charge < -0.3 is 52.5 Å². The molecule has 3 heterocycles. The molecule has 9 rings (SSSR count). The first-order chi connectivity index (χ1) is 33.2. The lowest BCUT2D eigenvalue weighted by atomic mass is 9.96. The van der Waals surface area contributed by atoms with Gasteiger partial charge in [-0.05, 0) is 32.1 Å². The van der Waals surface area contributed by atoms with Gasteiger partial charge in [-0.1, -0.05) is 203 Å². The molecule has 1 unspecified atom stereocenters. The van der Waals surface area contributed by atoms with Crippen LogP contribution in [0.25, 0.3) is 0 Å². The van der Waals surface area contributed by atoms with Crippen LogP contribution in [0.3, 0.4) is 0 Å². The van der Waals surface area contributed by atoms with E-state index in [0.29, 0.717) is 6.61 Å². The van der Waals surface area contributed by atoms with E-state index < -0.39 is 81.1 Å². The van der Waals surface area contributed by atoms with Crippen molar-refractivity contribution >= 4 is 18.7 Å². The van der Waals surface area contributed by atoms with Gasteiger partial charge in [-0.15, -0.1) is 0 Å². The van der Waals surface area contributed by atoms with Gasteiger partial charge in [0.1, 0.15) is 48.8 Å². The molecule has 11 atom stereocenters. The molecule has 11 nitrogen and oxygen atoms in total. The van der Waals surface area contributed by atoms with Crippen LogP contribution in [0.1, 0.15) is 49.3 Å². The predicted molar refractivity (Wildman–Crippen MR) is 259 cm³/mol. The average molecular weight is 939 g/mol. The summed E-state index contributed by atoms with van der Waals surface area (Å²) >= 11 is 0. The molecule has 3 aliphatic rings. The lowest BCUT2D eigenvalue weighted by molar-refractivity contribution is -0.400. The Balaban J connectivity index is 1.06. The van der Waals surface area contributed by atoms with Crippen LogP contribution in [0.5, 0.6) is 0 Å². The number of benzene rings is 6. The van der Waals surface area contributed by atoms with Crippen LogP contribution >= 0.6 is 0 Å². The van der Waals surface area contributed by atoms with Gasteiger partial charge in [0.05, 0.1) is 33.0 Å². The lowest BCUT2D eigenvalue weighted by Gasteiger charge is -2.53. The minimum atomic E-state index is -3.33. The van der Waals surface area contributed by atoms with Gasteiger partial charge in [0, 0.05) is 5.56 Å². The maximum atomic E-state index is 12.9. The van der Waals surface area contributed by atoms with Crippen LogP contribution in [-0.2, 0) is 62.1 Å². The highest BCUT2D eigenvalue weighted by Gasteiger charge is 2.59. The van der Waals surface area contributed by atoms with E-state index in [4.69, 9.17) is 42.3 Å². The van der Waals surface area contributed by atoms with Gasteiger partial charge >= 0.3 is 0 Å². The van der Waals surface area contributed by atoms with Crippen LogP contribution in [-0.4, -0.2) is 93.2 Å². The van der Waals surface area contributed by atoms with Gasteiger partial charge in [0.15, 0.2) is 18.9 Å². The van der Waals surface area contributed by atoms with E-state index in [2.05, 4.69) is 45.0 Å². The quantitative estimate of drug-likeness (QED) is 0.0879. The molecule has 0 spiro atoms. The Morgan fingerprint density at radius 1 is 0.529 bits per heavy atom. The molecule has 0 aromatic heterocycles. The summed E-state index contributed by atoms with van der Waals surface area (Å²) < 4.78 is 60.6. The zero-order valence-electron chi connectivity index (χ0n) is 38.8. The summed E-state index contributed by atoms with van der Waals surface area (Å²) in [5.41, 5.74) is 3.67. The first-order valence-electron chi connectivity index (χ1n) is 23.5. The average Bonchev–Trinajstić information content (AvgIpc) is 3.37. The molecule has 2 N–H and O–H groups in total. The van der Waals surface area contributed by atoms with Crippen LogP contribution in [0.4, 0.5) is 0 Å². The van der Waals surface area contributed by atoms with Gasteiger partial charge in [-0.3, -0.25) is 0 Å². The number of aliphatic hydroxyl groups is 2. The van der Waals surface area contributed by atoms with E-state index >= 15 is 0 Å². The van der Waals surface area contributed by atoms with Crippen molar-refractivity contribution in [2.75, 3.05) is 13.2 Å². The minimum Gasteiger partial charge on any atom is -0.399 e. The second-order valence-corrected chi connectivity index (χ2v) is 22.9. The molecule has 3 aliphatic heterocycles. The standard InChI is InChI=1S/C56H62O11Si/c1-56(2,3)68(43-30-18-8-19-31-43,44-32-20-9-21-33-44)67-52-48(58)55(64-46-38-62-53(65-50(46)52)42-28-16-7-17-29-42)66-54-47(57)51(61-36-41-26-14-6-15-27-41)49(60-35-40-24-12-5-13-25-40)45(63-54)37-59-34-39-22-10-4-11-23-39/h4-33,45-55,57-58H,34-38H2,1-3H3/t45-,46+,47-,48+,49-,50+,51-,52+,53?,54-,55+/m0/s1. The van der Waals surface area contributed by atoms with Crippen molar-refractivity contribution in [1.82, 2.24) is 0 Å². The van der Waals surface area contributed by atoms with Crippen molar-refractivity contribution < 1.29 is 52.5 Å². The Morgan fingerprint density at radius 2 is 0.985 bits per heavy atom. The molecule has 3 saturated heterocycles. The Kier molecular flexibility index (Phi) is 15.7. The molecule has 0 aliphatic carbocycles. The third-order valence-corrected chi connectivity index (χ3v) is 18.0. The number of aliphatic hydroxyl groups excluding tert-OH is 2. The molecule has 6 aromatic carbocycles. The number of hydrogen-bond donors (Lipinski definition) is 2. The Labute approximate surface area is 400 Å². The van der Waals surface area contributed by atoms with Gasteiger partial charge in [-0.25, -0.2) is 0 Å². The summed E-state index contributed by atoms with van der Waals surface area (Å²) in [5, 5.41) is 27.0. The maximum absolute atomic E-state index is 12.9. The molecule has 68 heavy (non-hydrogen) atoms. The highest BCUT2D eigenvalue weighted by Crippen LogP contribution is 2.43. The predicted octanol–water partition coefficient (Wildman–Crippen LogP) is 7.62. The number of rotatable bonds is 17. The molecule has 0 amide bonds.